The lowest BCUT2D eigenvalue weighted by atomic mass is 9.98. The van der Waals surface area contributed by atoms with Gasteiger partial charge in [-0.2, -0.15) is 0 Å². The van der Waals surface area contributed by atoms with E-state index < -0.39 is 43.2 Å². The molecule has 0 bridgehead atoms. The van der Waals surface area contributed by atoms with Crippen molar-refractivity contribution >= 4 is 0 Å². The van der Waals surface area contributed by atoms with E-state index in [9.17, 15) is 25.5 Å². The zero-order chi connectivity index (χ0) is 19.3. The van der Waals surface area contributed by atoms with Crippen molar-refractivity contribution in [1.29, 1.82) is 0 Å². The van der Waals surface area contributed by atoms with Gasteiger partial charge in [0.15, 0.2) is 17.8 Å². The lowest BCUT2D eigenvalue weighted by Crippen LogP contribution is -2.59. The molecule has 6 atom stereocenters. The minimum absolute atomic E-state index is 0.0331. The third-order valence-corrected chi connectivity index (χ3v) is 4.41. The second kappa shape index (κ2) is 9.47. The Morgan fingerprint density at radius 2 is 1.69 bits per heavy atom. The van der Waals surface area contributed by atoms with Crippen LogP contribution in [0.1, 0.15) is 11.5 Å². The molecule has 0 radical (unpaired) electrons. The third kappa shape index (κ3) is 4.44. The van der Waals surface area contributed by atoms with Gasteiger partial charge in [-0.3, -0.25) is 0 Å². The zero-order valence-corrected chi connectivity index (χ0v) is 14.7. The molecule has 26 heavy (non-hydrogen) atoms. The fourth-order valence-corrected chi connectivity index (χ4v) is 2.78. The van der Waals surface area contributed by atoms with Crippen LogP contribution in [-0.2, 0) is 9.47 Å². The van der Waals surface area contributed by atoms with E-state index in [1.54, 1.807) is 18.2 Å². The maximum Gasteiger partial charge on any atom is 0.186 e. The molecule has 6 unspecified atom stereocenters. The molecule has 1 aromatic carbocycles. The smallest absolute Gasteiger partial charge is 0.186 e. The van der Waals surface area contributed by atoms with Crippen molar-refractivity contribution in [2.24, 2.45) is 0 Å². The molecule has 1 aromatic rings. The predicted octanol–water partition coefficient (Wildman–Crippen LogP) is -1.40. The monoisotopic (exact) mass is 374 g/mol. The molecule has 0 amide bonds. The summed E-state index contributed by atoms with van der Waals surface area (Å²) in [5.74, 6) is 0.584. The van der Waals surface area contributed by atoms with Crippen LogP contribution in [-0.4, -0.2) is 90.3 Å². The highest BCUT2D eigenvalue weighted by Crippen LogP contribution is 2.31. The van der Waals surface area contributed by atoms with E-state index in [-0.39, 0.29) is 13.2 Å². The highest BCUT2D eigenvalue weighted by atomic mass is 16.7. The standard InChI is InChI=1S/C17H26O9/c1-23-11-4-3-9(5-12(11)24-2)10(6-18)8-25-17-16(22)15(21)14(20)13(7-19)26-17/h3-5,10,13-22H,6-8H2,1-2H3. The predicted molar refractivity (Wildman–Crippen MR) is 89.1 cm³/mol. The normalized spacial score (nSPS) is 30.0. The van der Waals surface area contributed by atoms with Crippen LogP contribution < -0.4 is 9.47 Å². The average Bonchev–Trinajstić information content (AvgIpc) is 2.67. The van der Waals surface area contributed by atoms with Gasteiger partial charge in [-0.05, 0) is 17.7 Å². The van der Waals surface area contributed by atoms with Gasteiger partial charge in [-0.1, -0.05) is 6.07 Å². The first-order chi connectivity index (χ1) is 12.5. The molecule has 0 saturated carbocycles. The van der Waals surface area contributed by atoms with Gasteiger partial charge in [0.2, 0.25) is 0 Å². The van der Waals surface area contributed by atoms with E-state index in [0.717, 1.165) is 5.56 Å². The Balaban J connectivity index is 2.06. The molecule has 1 heterocycles. The molecule has 0 spiro atoms. The van der Waals surface area contributed by atoms with E-state index in [0.29, 0.717) is 11.5 Å². The van der Waals surface area contributed by atoms with Gasteiger partial charge >= 0.3 is 0 Å². The number of rotatable bonds is 8. The number of hydrogen-bond donors (Lipinski definition) is 5. The lowest BCUT2D eigenvalue weighted by molar-refractivity contribution is -0.302. The Hall–Kier alpha value is -1.46. The Labute approximate surface area is 151 Å². The number of aliphatic hydroxyl groups excluding tert-OH is 5. The summed E-state index contributed by atoms with van der Waals surface area (Å²) >= 11 is 0. The minimum atomic E-state index is -1.51. The molecule has 9 heteroatoms. The number of hydrogen-bond acceptors (Lipinski definition) is 9. The Bertz CT molecular complexity index is 565. The van der Waals surface area contributed by atoms with Crippen molar-refractivity contribution in [3.05, 3.63) is 23.8 Å². The van der Waals surface area contributed by atoms with Crippen LogP contribution in [0.25, 0.3) is 0 Å². The largest absolute Gasteiger partial charge is 0.493 e. The highest BCUT2D eigenvalue weighted by molar-refractivity contribution is 5.44. The minimum Gasteiger partial charge on any atom is -0.493 e. The molecular weight excluding hydrogens is 348 g/mol. The quantitative estimate of drug-likeness (QED) is 0.372. The molecule has 1 saturated heterocycles. The van der Waals surface area contributed by atoms with Gasteiger partial charge < -0.3 is 44.5 Å². The van der Waals surface area contributed by atoms with Gasteiger partial charge in [-0.15, -0.1) is 0 Å². The molecule has 1 aliphatic rings. The summed E-state index contributed by atoms with van der Waals surface area (Å²) in [4.78, 5) is 0. The summed E-state index contributed by atoms with van der Waals surface area (Å²) in [7, 11) is 3.02. The summed E-state index contributed by atoms with van der Waals surface area (Å²) in [5, 5.41) is 48.4. The molecule has 5 N–H and O–H groups in total. The van der Waals surface area contributed by atoms with Crippen molar-refractivity contribution in [2.75, 3.05) is 34.0 Å². The topological polar surface area (TPSA) is 138 Å². The van der Waals surface area contributed by atoms with Crippen molar-refractivity contribution in [3.63, 3.8) is 0 Å². The van der Waals surface area contributed by atoms with Crippen LogP contribution in [0.4, 0.5) is 0 Å². The Morgan fingerprint density at radius 1 is 1.00 bits per heavy atom. The van der Waals surface area contributed by atoms with Gasteiger partial charge in [-0.25, -0.2) is 0 Å². The zero-order valence-electron chi connectivity index (χ0n) is 14.7. The first-order valence-corrected chi connectivity index (χ1v) is 8.21. The van der Waals surface area contributed by atoms with Gasteiger partial charge in [0.25, 0.3) is 0 Å². The van der Waals surface area contributed by atoms with E-state index in [1.807, 2.05) is 0 Å². The Morgan fingerprint density at radius 3 is 2.27 bits per heavy atom. The maximum atomic E-state index is 9.99. The van der Waals surface area contributed by atoms with E-state index in [2.05, 4.69) is 0 Å². The molecule has 1 aliphatic heterocycles. The van der Waals surface area contributed by atoms with Crippen LogP contribution in [0.3, 0.4) is 0 Å². The second-order valence-corrected chi connectivity index (χ2v) is 6.02. The van der Waals surface area contributed by atoms with E-state index in [1.165, 1.54) is 14.2 Å². The highest BCUT2D eigenvalue weighted by Gasteiger charge is 2.44. The lowest BCUT2D eigenvalue weighted by Gasteiger charge is -2.40. The third-order valence-electron chi connectivity index (χ3n) is 4.41. The molecule has 9 nitrogen and oxygen atoms in total. The summed E-state index contributed by atoms with van der Waals surface area (Å²) in [6.07, 6.45) is -6.75. The van der Waals surface area contributed by atoms with Crippen molar-refractivity contribution in [1.82, 2.24) is 0 Å². The average molecular weight is 374 g/mol. The fraction of sp³-hybridized carbons (Fsp3) is 0.647. The van der Waals surface area contributed by atoms with Crippen LogP contribution in [0.2, 0.25) is 0 Å². The summed E-state index contributed by atoms with van der Waals surface area (Å²) in [6, 6.07) is 5.15. The van der Waals surface area contributed by atoms with E-state index >= 15 is 0 Å². The molecule has 0 aliphatic carbocycles. The first kappa shape index (κ1) is 20.8. The van der Waals surface area contributed by atoms with Crippen molar-refractivity contribution < 1.29 is 44.5 Å². The number of ether oxygens (including phenoxy) is 4. The molecule has 1 fully saturated rings. The first-order valence-electron chi connectivity index (χ1n) is 8.21. The van der Waals surface area contributed by atoms with Crippen molar-refractivity contribution in [2.45, 2.75) is 36.6 Å². The second-order valence-electron chi connectivity index (χ2n) is 6.02. The molecule has 2 rings (SSSR count). The van der Waals surface area contributed by atoms with Gasteiger partial charge in [0.05, 0.1) is 34.0 Å². The van der Waals surface area contributed by atoms with Crippen LogP contribution >= 0.6 is 0 Å². The number of aliphatic hydroxyl groups is 5. The maximum absolute atomic E-state index is 9.99. The summed E-state index contributed by atoms with van der Waals surface area (Å²) in [5.41, 5.74) is 0.717. The molecule has 0 aromatic heterocycles. The summed E-state index contributed by atoms with van der Waals surface area (Å²) < 4.78 is 21.2. The van der Waals surface area contributed by atoms with E-state index in [4.69, 9.17) is 18.9 Å². The molecular formula is C17H26O9. The number of benzene rings is 1. The SMILES string of the molecule is COc1ccc(C(CO)COC2OC(CO)C(O)C(O)C2O)cc1OC. The fourth-order valence-electron chi connectivity index (χ4n) is 2.78. The van der Waals surface area contributed by atoms with Gasteiger partial charge in [0, 0.05) is 5.92 Å². The molecule has 148 valence electrons. The van der Waals surface area contributed by atoms with Crippen LogP contribution in [0, 0.1) is 0 Å². The number of methoxy groups -OCH3 is 2. The van der Waals surface area contributed by atoms with Crippen molar-refractivity contribution in [3.8, 4) is 11.5 Å². The van der Waals surface area contributed by atoms with Crippen LogP contribution in [0.15, 0.2) is 18.2 Å². The van der Waals surface area contributed by atoms with Gasteiger partial charge in [0.1, 0.15) is 24.4 Å². The summed E-state index contributed by atoms with van der Waals surface area (Å²) in [6.45, 7) is -0.814. The van der Waals surface area contributed by atoms with Crippen LogP contribution in [0.5, 0.6) is 11.5 Å². The Kier molecular flexibility index (Phi) is 7.59.